The van der Waals surface area contributed by atoms with Gasteiger partial charge in [0.1, 0.15) is 5.52 Å². The maximum atomic E-state index is 13.5. The highest BCUT2D eigenvalue weighted by molar-refractivity contribution is 7.91. The number of furan rings is 1. The number of fused-ring (bicyclic) bond motifs is 1. The summed E-state index contributed by atoms with van der Waals surface area (Å²) in [5.74, 6) is -0.221. The Labute approximate surface area is 155 Å². The number of nitrogens with one attached hydrogen (secondary N) is 1. The van der Waals surface area contributed by atoms with Gasteiger partial charge in [0.05, 0.1) is 16.7 Å². The van der Waals surface area contributed by atoms with Crippen LogP contribution in [0.25, 0.3) is 33.6 Å². The summed E-state index contributed by atoms with van der Waals surface area (Å²) in [6.45, 7) is 0. The third-order valence-electron chi connectivity index (χ3n) is 4.03. The average Bonchev–Trinajstić information content (AvgIpc) is 3.29. The summed E-state index contributed by atoms with van der Waals surface area (Å²) in [7, 11) is -4.31. The maximum Gasteiger partial charge on any atom is 0.417 e. The summed E-state index contributed by atoms with van der Waals surface area (Å²) in [6, 6.07) is 5.03. The molecule has 0 unspecified atom stereocenters. The van der Waals surface area contributed by atoms with Crippen LogP contribution in [0.15, 0.2) is 46.0 Å². The standard InChI is InChI=1S/C16H10F3N5O3S/c1-28(25,26)14-10(16(17,18)19)3-2-9(13(14)15-21-23-24-22-15)8-6-12-11(20-7-8)4-5-27-12/h2-7H,1H3,(H,21,22,23,24). The van der Waals surface area contributed by atoms with Crippen molar-refractivity contribution in [1.29, 1.82) is 0 Å². The predicted octanol–water partition coefficient (Wildman–Crippen LogP) is 3.10. The normalized spacial score (nSPS) is 12.6. The van der Waals surface area contributed by atoms with Crippen molar-refractivity contribution in [3.63, 3.8) is 0 Å². The third kappa shape index (κ3) is 3.01. The van der Waals surface area contributed by atoms with E-state index in [0.717, 1.165) is 6.07 Å². The van der Waals surface area contributed by atoms with Gasteiger partial charge in [0, 0.05) is 29.6 Å². The van der Waals surface area contributed by atoms with Gasteiger partial charge in [0.15, 0.2) is 21.2 Å². The first-order valence-corrected chi connectivity index (χ1v) is 9.57. The van der Waals surface area contributed by atoms with E-state index >= 15 is 0 Å². The molecule has 0 saturated heterocycles. The van der Waals surface area contributed by atoms with Crippen LogP contribution in [0.4, 0.5) is 13.2 Å². The minimum Gasteiger partial charge on any atom is -0.463 e. The fourth-order valence-electron chi connectivity index (χ4n) is 2.93. The Hall–Kier alpha value is -3.28. The number of aromatic nitrogens is 5. The van der Waals surface area contributed by atoms with Gasteiger partial charge in [-0.3, -0.25) is 4.98 Å². The van der Waals surface area contributed by atoms with Crippen molar-refractivity contribution in [1.82, 2.24) is 25.6 Å². The molecule has 8 nitrogen and oxygen atoms in total. The Morgan fingerprint density at radius 1 is 1.18 bits per heavy atom. The predicted molar refractivity (Wildman–Crippen MR) is 90.7 cm³/mol. The van der Waals surface area contributed by atoms with Crippen molar-refractivity contribution < 1.29 is 26.0 Å². The van der Waals surface area contributed by atoms with Crippen molar-refractivity contribution in [3.05, 3.63) is 42.3 Å². The molecule has 0 aliphatic carbocycles. The lowest BCUT2D eigenvalue weighted by molar-refractivity contribution is -0.139. The van der Waals surface area contributed by atoms with Crippen molar-refractivity contribution in [3.8, 4) is 22.5 Å². The van der Waals surface area contributed by atoms with Gasteiger partial charge in [-0.25, -0.2) is 13.5 Å². The average molecular weight is 409 g/mol. The molecule has 0 atom stereocenters. The first kappa shape index (κ1) is 18.1. The van der Waals surface area contributed by atoms with Crippen molar-refractivity contribution >= 4 is 20.9 Å². The van der Waals surface area contributed by atoms with Crippen LogP contribution in [0.1, 0.15) is 5.56 Å². The highest BCUT2D eigenvalue weighted by atomic mass is 32.2. The molecule has 144 valence electrons. The Balaban J connectivity index is 2.12. The highest BCUT2D eigenvalue weighted by Gasteiger charge is 2.39. The molecule has 3 heterocycles. The van der Waals surface area contributed by atoms with E-state index in [4.69, 9.17) is 4.42 Å². The summed E-state index contributed by atoms with van der Waals surface area (Å²) in [4.78, 5) is 3.25. The van der Waals surface area contributed by atoms with E-state index in [1.807, 2.05) is 0 Å². The summed E-state index contributed by atoms with van der Waals surface area (Å²) in [5, 5.41) is 12.7. The second-order valence-corrected chi connectivity index (χ2v) is 7.87. The zero-order valence-electron chi connectivity index (χ0n) is 14.0. The lowest BCUT2D eigenvalue weighted by Gasteiger charge is -2.17. The molecule has 1 aromatic carbocycles. The van der Waals surface area contributed by atoms with Crippen LogP contribution in [-0.4, -0.2) is 40.3 Å². The number of tetrazole rings is 1. The van der Waals surface area contributed by atoms with Gasteiger partial charge in [-0.15, -0.1) is 5.10 Å². The molecule has 0 spiro atoms. The molecule has 0 aliphatic rings. The molecule has 0 amide bonds. The number of benzene rings is 1. The molecule has 3 aromatic heterocycles. The van der Waals surface area contributed by atoms with Crippen molar-refractivity contribution in [2.45, 2.75) is 11.1 Å². The zero-order valence-corrected chi connectivity index (χ0v) is 14.8. The van der Waals surface area contributed by atoms with Crippen molar-refractivity contribution in [2.75, 3.05) is 6.26 Å². The van der Waals surface area contributed by atoms with Gasteiger partial charge in [-0.2, -0.15) is 13.2 Å². The van der Waals surface area contributed by atoms with Crippen LogP contribution < -0.4 is 0 Å². The van der Waals surface area contributed by atoms with Crippen LogP contribution in [0.2, 0.25) is 0 Å². The van der Waals surface area contributed by atoms with Crippen LogP contribution >= 0.6 is 0 Å². The number of pyridine rings is 1. The number of nitrogens with zero attached hydrogens (tertiary/aromatic N) is 4. The number of aromatic amines is 1. The number of sulfone groups is 1. The molecule has 4 aromatic rings. The fourth-order valence-corrected chi connectivity index (χ4v) is 4.09. The Morgan fingerprint density at radius 2 is 1.96 bits per heavy atom. The minimum absolute atomic E-state index is 0.151. The van der Waals surface area contributed by atoms with Crippen LogP contribution in [-0.2, 0) is 16.0 Å². The van der Waals surface area contributed by atoms with Gasteiger partial charge in [-0.1, -0.05) is 6.07 Å². The number of H-pyrrole nitrogens is 1. The SMILES string of the molecule is CS(=O)(=O)c1c(C(F)(F)F)ccc(-c2cnc3ccoc3c2)c1-c1nnn[nH]1. The van der Waals surface area contributed by atoms with E-state index in [2.05, 4.69) is 25.6 Å². The van der Waals surface area contributed by atoms with Gasteiger partial charge in [-0.05, 0) is 28.1 Å². The van der Waals surface area contributed by atoms with Crippen LogP contribution in [0, 0.1) is 0 Å². The molecule has 28 heavy (non-hydrogen) atoms. The summed E-state index contributed by atoms with van der Waals surface area (Å²) < 4.78 is 70.6. The van der Waals surface area contributed by atoms with E-state index < -0.39 is 26.5 Å². The first-order valence-electron chi connectivity index (χ1n) is 7.68. The maximum absolute atomic E-state index is 13.5. The topological polar surface area (TPSA) is 115 Å². The number of rotatable bonds is 3. The number of hydrogen-bond donors (Lipinski definition) is 1. The van der Waals surface area contributed by atoms with E-state index in [1.54, 1.807) is 12.1 Å². The molecule has 0 radical (unpaired) electrons. The molecule has 0 aliphatic heterocycles. The second kappa shape index (κ2) is 6.12. The zero-order chi connectivity index (χ0) is 20.1. The lowest BCUT2D eigenvalue weighted by atomic mass is 9.97. The molecule has 0 fully saturated rings. The third-order valence-corrected chi connectivity index (χ3v) is 5.20. The second-order valence-electron chi connectivity index (χ2n) is 5.91. The fraction of sp³-hybridized carbons (Fsp3) is 0.125. The molecule has 12 heteroatoms. The molecule has 1 N–H and O–H groups in total. The Morgan fingerprint density at radius 3 is 2.61 bits per heavy atom. The van der Waals surface area contributed by atoms with E-state index in [0.29, 0.717) is 29.0 Å². The number of halogens is 3. The molecular formula is C16H10F3N5O3S. The minimum atomic E-state index is -4.90. The van der Waals surface area contributed by atoms with Gasteiger partial charge < -0.3 is 4.42 Å². The largest absolute Gasteiger partial charge is 0.463 e. The quantitative estimate of drug-likeness (QED) is 0.553. The summed E-state index contributed by atoms with van der Waals surface area (Å²) in [6.07, 6.45) is -1.39. The number of alkyl halides is 3. The summed E-state index contributed by atoms with van der Waals surface area (Å²) in [5.41, 5.74) is -0.181. The molecule has 0 saturated carbocycles. The van der Waals surface area contributed by atoms with Crippen LogP contribution in [0.3, 0.4) is 0 Å². The van der Waals surface area contributed by atoms with E-state index in [-0.39, 0.29) is 17.0 Å². The molecular weight excluding hydrogens is 399 g/mol. The Kier molecular flexibility index (Phi) is 3.96. The lowest BCUT2D eigenvalue weighted by Crippen LogP contribution is -2.15. The van der Waals surface area contributed by atoms with Gasteiger partial charge in [0.25, 0.3) is 0 Å². The molecule has 4 rings (SSSR count). The first-order chi connectivity index (χ1) is 13.2. The van der Waals surface area contributed by atoms with Crippen molar-refractivity contribution in [2.24, 2.45) is 0 Å². The van der Waals surface area contributed by atoms with E-state index in [1.165, 1.54) is 12.5 Å². The van der Waals surface area contributed by atoms with Gasteiger partial charge >= 0.3 is 6.18 Å². The van der Waals surface area contributed by atoms with Crippen LogP contribution in [0.5, 0.6) is 0 Å². The smallest absolute Gasteiger partial charge is 0.417 e. The highest BCUT2D eigenvalue weighted by Crippen LogP contribution is 2.43. The summed E-state index contributed by atoms with van der Waals surface area (Å²) >= 11 is 0. The molecule has 0 bridgehead atoms. The monoisotopic (exact) mass is 409 g/mol. The Bertz CT molecular complexity index is 1280. The van der Waals surface area contributed by atoms with Gasteiger partial charge in [0.2, 0.25) is 0 Å². The number of hydrogen-bond acceptors (Lipinski definition) is 7. The van der Waals surface area contributed by atoms with E-state index in [9.17, 15) is 21.6 Å².